The second-order valence-corrected chi connectivity index (χ2v) is 3.77. The predicted octanol–water partition coefficient (Wildman–Crippen LogP) is 2.24. The first-order valence-corrected chi connectivity index (χ1v) is 5.51. The van der Waals surface area contributed by atoms with Crippen LogP contribution < -0.4 is 10.1 Å². The molecule has 1 atom stereocenters. The van der Waals surface area contributed by atoms with Crippen LogP contribution in [-0.2, 0) is 4.74 Å². The summed E-state index contributed by atoms with van der Waals surface area (Å²) in [5, 5.41) is 3.36. The summed E-state index contributed by atoms with van der Waals surface area (Å²) in [5.74, 6) is 0.696. The van der Waals surface area contributed by atoms with Crippen molar-refractivity contribution in [2.24, 2.45) is 0 Å². The van der Waals surface area contributed by atoms with Crippen molar-refractivity contribution in [3.05, 3.63) is 24.3 Å². The van der Waals surface area contributed by atoms with Crippen LogP contribution in [0.5, 0.6) is 5.75 Å². The molecule has 88 valence electrons. The van der Waals surface area contributed by atoms with Gasteiger partial charge in [0.25, 0.3) is 0 Å². The van der Waals surface area contributed by atoms with E-state index >= 15 is 0 Å². The maximum Gasteiger partial charge on any atom is 0.123 e. The van der Waals surface area contributed by atoms with E-state index in [1.165, 1.54) is 0 Å². The Labute approximate surface area is 94.6 Å². The van der Waals surface area contributed by atoms with Crippen molar-refractivity contribution < 1.29 is 13.9 Å². The van der Waals surface area contributed by atoms with Gasteiger partial charge in [0.2, 0.25) is 0 Å². The van der Waals surface area contributed by atoms with E-state index < -0.39 is 6.67 Å². The van der Waals surface area contributed by atoms with Crippen LogP contribution in [0.1, 0.15) is 6.42 Å². The summed E-state index contributed by atoms with van der Waals surface area (Å²) < 4.78 is 22.4. The molecule has 0 amide bonds. The molecule has 16 heavy (non-hydrogen) atoms. The maximum atomic E-state index is 11.9. The third-order valence-electron chi connectivity index (χ3n) is 2.48. The van der Waals surface area contributed by atoms with Gasteiger partial charge in [0.1, 0.15) is 19.0 Å². The third kappa shape index (κ3) is 3.10. The van der Waals surface area contributed by atoms with Crippen molar-refractivity contribution in [2.75, 3.05) is 31.8 Å². The van der Waals surface area contributed by atoms with Gasteiger partial charge in [-0.2, -0.15) is 0 Å². The highest BCUT2D eigenvalue weighted by atomic mass is 19.1. The summed E-state index contributed by atoms with van der Waals surface area (Å²) in [4.78, 5) is 0. The summed E-state index contributed by atoms with van der Waals surface area (Å²) in [7, 11) is 0. The van der Waals surface area contributed by atoms with Crippen molar-refractivity contribution in [3.63, 3.8) is 0 Å². The highest BCUT2D eigenvalue weighted by Gasteiger charge is 2.14. The minimum Gasteiger partial charge on any atom is -0.491 e. The van der Waals surface area contributed by atoms with Gasteiger partial charge in [-0.05, 0) is 18.6 Å². The van der Waals surface area contributed by atoms with Crippen LogP contribution in [0.2, 0.25) is 0 Å². The number of hydrogen-bond acceptors (Lipinski definition) is 3. The molecule has 0 bridgehead atoms. The van der Waals surface area contributed by atoms with E-state index in [9.17, 15) is 4.39 Å². The fourth-order valence-corrected chi connectivity index (χ4v) is 1.72. The van der Waals surface area contributed by atoms with E-state index in [0.29, 0.717) is 11.8 Å². The Balaban J connectivity index is 1.92. The summed E-state index contributed by atoms with van der Waals surface area (Å²) >= 11 is 0. The van der Waals surface area contributed by atoms with Crippen LogP contribution in [-0.4, -0.2) is 32.5 Å². The zero-order valence-corrected chi connectivity index (χ0v) is 9.12. The highest BCUT2D eigenvalue weighted by Crippen LogP contribution is 2.19. The normalized spacial score (nSPS) is 19.7. The van der Waals surface area contributed by atoms with Crippen LogP contribution in [0.15, 0.2) is 24.3 Å². The molecule has 0 saturated carbocycles. The summed E-state index contributed by atoms with van der Waals surface area (Å²) in [6.07, 6.45) is 1.02. The third-order valence-corrected chi connectivity index (χ3v) is 2.48. The minimum atomic E-state index is -0.464. The molecule has 1 N–H and O–H groups in total. The molecule has 0 spiro atoms. The Morgan fingerprint density at radius 2 is 2.44 bits per heavy atom. The van der Waals surface area contributed by atoms with Gasteiger partial charge >= 0.3 is 0 Å². The molecule has 0 aliphatic carbocycles. The van der Waals surface area contributed by atoms with Crippen molar-refractivity contribution in [3.8, 4) is 5.75 Å². The van der Waals surface area contributed by atoms with Gasteiger partial charge in [-0.15, -0.1) is 0 Å². The van der Waals surface area contributed by atoms with E-state index in [2.05, 4.69) is 5.32 Å². The monoisotopic (exact) mass is 225 g/mol. The first-order valence-electron chi connectivity index (χ1n) is 5.51. The summed E-state index contributed by atoms with van der Waals surface area (Å²) in [6, 6.07) is 7.95. The van der Waals surface area contributed by atoms with Gasteiger partial charge in [0.05, 0.1) is 12.6 Å². The Bertz CT molecular complexity index is 327. The molecule has 4 heteroatoms. The fraction of sp³-hybridized carbons (Fsp3) is 0.500. The number of hydrogen-bond donors (Lipinski definition) is 1. The van der Waals surface area contributed by atoms with Crippen molar-refractivity contribution in [1.82, 2.24) is 0 Å². The molecule has 0 radical (unpaired) electrons. The van der Waals surface area contributed by atoms with Crippen molar-refractivity contribution in [2.45, 2.75) is 12.5 Å². The van der Waals surface area contributed by atoms with Gasteiger partial charge in [0, 0.05) is 18.4 Å². The van der Waals surface area contributed by atoms with Crippen molar-refractivity contribution in [1.29, 1.82) is 0 Å². The standard InChI is InChI=1S/C12H16FNO2/c13-5-7-16-12-3-1-2-10(8-12)14-11-4-6-15-9-11/h1-3,8,11,14H,4-7,9H2. The van der Waals surface area contributed by atoms with Crippen LogP contribution in [0, 0.1) is 0 Å². The molecule has 1 unspecified atom stereocenters. The van der Waals surface area contributed by atoms with Gasteiger partial charge < -0.3 is 14.8 Å². The molecule has 1 aromatic carbocycles. The molecule has 3 nitrogen and oxygen atoms in total. The molecular formula is C12H16FNO2. The van der Waals surface area contributed by atoms with Gasteiger partial charge in [0.15, 0.2) is 0 Å². The lowest BCUT2D eigenvalue weighted by molar-refractivity contribution is 0.195. The molecule has 1 fully saturated rings. The topological polar surface area (TPSA) is 30.5 Å². The van der Waals surface area contributed by atoms with Gasteiger partial charge in [-0.1, -0.05) is 6.07 Å². The van der Waals surface area contributed by atoms with Crippen LogP contribution in [0.4, 0.5) is 10.1 Å². The Hall–Kier alpha value is -1.29. The number of nitrogens with one attached hydrogen (secondary N) is 1. The molecule has 1 saturated heterocycles. The number of rotatable bonds is 5. The smallest absolute Gasteiger partial charge is 0.123 e. The van der Waals surface area contributed by atoms with Gasteiger partial charge in [-0.25, -0.2) is 4.39 Å². The first-order chi connectivity index (χ1) is 7.88. The van der Waals surface area contributed by atoms with E-state index in [1.54, 1.807) is 0 Å². The highest BCUT2D eigenvalue weighted by molar-refractivity contribution is 5.49. The first kappa shape index (κ1) is 11.2. The molecule has 1 aromatic rings. The van der Waals surface area contributed by atoms with E-state index in [1.807, 2.05) is 24.3 Å². The van der Waals surface area contributed by atoms with Crippen LogP contribution >= 0.6 is 0 Å². The van der Waals surface area contributed by atoms with E-state index in [-0.39, 0.29) is 6.61 Å². The van der Waals surface area contributed by atoms with Crippen molar-refractivity contribution >= 4 is 5.69 Å². The largest absolute Gasteiger partial charge is 0.491 e. The van der Waals surface area contributed by atoms with Gasteiger partial charge in [-0.3, -0.25) is 0 Å². The number of halogens is 1. The summed E-state index contributed by atoms with van der Waals surface area (Å²) in [6.45, 7) is 1.20. The fourth-order valence-electron chi connectivity index (χ4n) is 1.72. The molecule has 1 aliphatic rings. The zero-order chi connectivity index (χ0) is 11.2. The average molecular weight is 225 g/mol. The summed E-state index contributed by atoms with van der Waals surface area (Å²) in [5.41, 5.74) is 0.992. The number of ether oxygens (including phenoxy) is 2. The second kappa shape index (κ2) is 5.70. The molecular weight excluding hydrogens is 209 g/mol. The Kier molecular flexibility index (Phi) is 3.99. The van der Waals surface area contributed by atoms with Crippen LogP contribution in [0.25, 0.3) is 0 Å². The SMILES string of the molecule is FCCOc1cccc(NC2CCOC2)c1. The molecule has 0 aromatic heterocycles. The zero-order valence-electron chi connectivity index (χ0n) is 9.12. The maximum absolute atomic E-state index is 11.9. The van der Waals surface area contributed by atoms with E-state index in [0.717, 1.165) is 25.3 Å². The molecule has 1 heterocycles. The second-order valence-electron chi connectivity index (χ2n) is 3.77. The average Bonchev–Trinajstić information content (AvgIpc) is 2.80. The Morgan fingerprint density at radius 3 is 3.19 bits per heavy atom. The molecule has 1 aliphatic heterocycles. The lowest BCUT2D eigenvalue weighted by Gasteiger charge is -2.13. The number of alkyl halides is 1. The van der Waals surface area contributed by atoms with E-state index in [4.69, 9.17) is 9.47 Å². The minimum absolute atomic E-state index is 0.107. The van der Waals surface area contributed by atoms with Crippen LogP contribution in [0.3, 0.4) is 0 Å². The number of anilines is 1. The lowest BCUT2D eigenvalue weighted by Crippen LogP contribution is -2.18. The Morgan fingerprint density at radius 1 is 1.50 bits per heavy atom. The molecule has 2 rings (SSSR count). The predicted molar refractivity (Wildman–Crippen MR) is 60.8 cm³/mol. The lowest BCUT2D eigenvalue weighted by atomic mass is 10.2. The quantitative estimate of drug-likeness (QED) is 0.833. The number of benzene rings is 1.